The Morgan fingerprint density at radius 2 is 1.44 bits per heavy atom. The fourth-order valence-corrected chi connectivity index (χ4v) is 4.66. The summed E-state index contributed by atoms with van der Waals surface area (Å²) in [6.45, 7) is 0. The predicted molar refractivity (Wildman–Crippen MR) is 130 cm³/mol. The minimum Gasteiger partial charge on any atom is -0.325 e. The van der Waals surface area contributed by atoms with Gasteiger partial charge in [0, 0.05) is 17.8 Å². The quantitative estimate of drug-likeness (QED) is 0.369. The number of carbonyl (C=O) groups excluding carboxylic acids is 2. The molecule has 0 aliphatic rings. The van der Waals surface area contributed by atoms with Gasteiger partial charge in [-0.3, -0.25) is 9.59 Å². The molecule has 0 saturated heterocycles. The first-order valence-electron chi connectivity index (χ1n) is 9.91. The molecular formula is C24H20FN3O2S2. The van der Waals surface area contributed by atoms with Gasteiger partial charge < -0.3 is 10.6 Å². The lowest BCUT2D eigenvalue weighted by atomic mass is 10.1. The zero-order valence-corrected chi connectivity index (χ0v) is 18.6. The highest BCUT2D eigenvalue weighted by atomic mass is 32.2. The number of nitrogens with one attached hydrogen (secondary N) is 2. The number of fused-ring (bicyclic) bond motifs is 1. The van der Waals surface area contributed by atoms with E-state index in [1.165, 1.54) is 40.7 Å². The van der Waals surface area contributed by atoms with Gasteiger partial charge in [-0.05, 0) is 54.1 Å². The number of hydrogen-bond donors (Lipinski definition) is 2. The second-order valence-electron chi connectivity index (χ2n) is 7.05. The van der Waals surface area contributed by atoms with Gasteiger partial charge in [0.15, 0.2) is 0 Å². The highest BCUT2D eigenvalue weighted by Crippen LogP contribution is 2.24. The molecule has 4 rings (SSSR count). The third-order valence-corrected chi connectivity index (χ3v) is 6.49. The summed E-state index contributed by atoms with van der Waals surface area (Å²) in [6.07, 6.45) is 0.743. The summed E-state index contributed by atoms with van der Waals surface area (Å²) >= 11 is 2.90. The number of hydrogen-bond acceptors (Lipinski definition) is 5. The zero-order valence-electron chi connectivity index (χ0n) is 17.0. The molecule has 162 valence electrons. The largest absolute Gasteiger partial charge is 0.325 e. The SMILES string of the molecule is O=C(CSCC(=O)Nc1ccc(Cc2nc3ccccc3s2)cc1)Nc1ccc(F)cc1. The molecule has 0 saturated carbocycles. The lowest BCUT2D eigenvalue weighted by Crippen LogP contribution is -2.18. The molecule has 0 unspecified atom stereocenters. The lowest BCUT2D eigenvalue weighted by molar-refractivity contribution is -0.114. The van der Waals surface area contributed by atoms with Gasteiger partial charge in [0.2, 0.25) is 11.8 Å². The number of amides is 2. The number of para-hydroxylation sites is 1. The van der Waals surface area contributed by atoms with Crippen LogP contribution < -0.4 is 10.6 Å². The molecule has 0 bridgehead atoms. The number of nitrogens with zero attached hydrogens (tertiary/aromatic N) is 1. The van der Waals surface area contributed by atoms with Crippen molar-refractivity contribution in [2.24, 2.45) is 0 Å². The van der Waals surface area contributed by atoms with Gasteiger partial charge in [-0.1, -0.05) is 24.3 Å². The first-order valence-corrected chi connectivity index (χ1v) is 11.9. The molecule has 3 aromatic carbocycles. The van der Waals surface area contributed by atoms with Gasteiger partial charge in [0.1, 0.15) is 5.82 Å². The third kappa shape index (κ3) is 6.15. The van der Waals surface area contributed by atoms with Gasteiger partial charge in [0.25, 0.3) is 0 Å². The fraction of sp³-hybridized carbons (Fsp3) is 0.125. The standard InChI is InChI=1S/C24H20FN3O2S2/c25-17-7-11-19(12-8-17)27-23(30)15-31-14-22(29)26-18-9-5-16(6-10-18)13-24-28-20-3-1-2-4-21(20)32-24/h1-12H,13-15H2,(H,26,29)(H,27,30). The van der Waals surface area contributed by atoms with E-state index in [1.54, 1.807) is 11.3 Å². The van der Waals surface area contributed by atoms with Crippen LogP contribution in [0.3, 0.4) is 0 Å². The van der Waals surface area contributed by atoms with Gasteiger partial charge >= 0.3 is 0 Å². The second-order valence-corrected chi connectivity index (χ2v) is 9.15. The van der Waals surface area contributed by atoms with Gasteiger partial charge in [-0.15, -0.1) is 23.1 Å². The maximum Gasteiger partial charge on any atom is 0.234 e. The Morgan fingerprint density at radius 3 is 2.06 bits per heavy atom. The van der Waals surface area contributed by atoms with Crippen LogP contribution in [0.2, 0.25) is 0 Å². The van der Waals surface area contributed by atoms with E-state index >= 15 is 0 Å². The molecule has 4 aromatic rings. The van der Waals surface area contributed by atoms with Crippen molar-refractivity contribution in [1.82, 2.24) is 4.98 Å². The van der Waals surface area contributed by atoms with Crippen molar-refractivity contribution in [3.8, 4) is 0 Å². The molecule has 8 heteroatoms. The van der Waals surface area contributed by atoms with Crippen molar-refractivity contribution >= 4 is 56.5 Å². The number of thioether (sulfide) groups is 1. The van der Waals surface area contributed by atoms with Crippen molar-refractivity contribution in [3.63, 3.8) is 0 Å². The molecule has 0 atom stereocenters. The Labute approximate surface area is 193 Å². The maximum absolute atomic E-state index is 12.9. The van der Waals surface area contributed by atoms with Crippen LogP contribution in [0.25, 0.3) is 10.2 Å². The number of thiazole rings is 1. The van der Waals surface area contributed by atoms with E-state index in [-0.39, 0.29) is 29.1 Å². The predicted octanol–water partition coefficient (Wildman–Crippen LogP) is 5.34. The fourth-order valence-electron chi connectivity index (χ4n) is 3.04. The molecule has 2 amide bonds. The summed E-state index contributed by atoms with van der Waals surface area (Å²) in [5.74, 6) is -0.494. The summed E-state index contributed by atoms with van der Waals surface area (Å²) in [5.41, 5.74) is 3.36. The van der Waals surface area contributed by atoms with Crippen LogP contribution in [0.5, 0.6) is 0 Å². The van der Waals surface area contributed by atoms with Crippen molar-refractivity contribution in [1.29, 1.82) is 0 Å². The van der Waals surface area contributed by atoms with Gasteiger partial charge in [0.05, 0.1) is 26.7 Å². The number of rotatable bonds is 8. The normalized spacial score (nSPS) is 10.8. The van der Waals surface area contributed by atoms with Gasteiger partial charge in [-0.25, -0.2) is 9.37 Å². The van der Waals surface area contributed by atoms with E-state index in [2.05, 4.69) is 21.7 Å². The van der Waals surface area contributed by atoms with Crippen LogP contribution >= 0.6 is 23.1 Å². The average Bonchev–Trinajstić information content (AvgIpc) is 3.19. The molecule has 1 aromatic heterocycles. The van der Waals surface area contributed by atoms with E-state index in [1.807, 2.05) is 42.5 Å². The van der Waals surface area contributed by atoms with Crippen LogP contribution in [-0.2, 0) is 16.0 Å². The number of halogens is 1. The van der Waals surface area contributed by atoms with Crippen LogP contribution in [-0.4, -0.2) is 28.3 Å². The molecule has 0 aliphatic carbocycles. The Hall–Kier alpha value is -3.23. The Kier molecular flexibility index (Phi) is 7.14. The monoisotopic (exact) mass is 465 g/mol. The van der Waals surface area contributed by atoms with E-state index in [9.17, 15) is 14.0 Å². The minimum absolute atomic E-state index is 0.131. The third-order valence-electron chi connectivity index (χ3n) is 4.53. The molecule has 0 radical (unpaired) electrons. The highest BCUT2D eigenvalue weighted by molar-refractivity contribution is 8.00. The molecule has 0 fully saturated rings. The van der Waals surface area contributed by atoms with Crippen LogP contribution in [0.4, 0.5) is 15.8 Å². The van der Waals surface area contributed by atoms with Crippen molar-refractivity contribution in [3.05, 3.63) is 89.2 Å². The molecule has 5 nitrogen and oxygen atoms in total. The lowest BCUT2D eigenvalue weighted by Gasteiger charge is -2.07. The highest BCUT2D eigenvalue weighted by Gasteiger charge is 2.08. The molecule has 2 N–H and O–H groups in total. The van der Waals surface area contributed by atoms with Crippen LogP contribution in [0.15, 0.2) is 72.8 Å². The number of benzene rings is 3. The Balaban J connectivity index is 1.21. The molecular weight excluding hydrogens is 445 g/mol. The minimum atomic E-state index is -0.362. The first-order chi connectivity index (χ1) is 15.5. The van der Waals surface area contributed by atoms with Crippen LogP contribution in [0, 0.1) is 5.82 Å². The van der Waals surface area contributed by atoms with E-state index in [4.69, 9.17) is 0 Å². The smallest absolute Gasteiger partial charge is 0.234 e. The molecule has 0 spiro atoms. The topological polar surface area (TPSA) is 71.1 Å². The van der Waals surface area contributed by atoms with E-state index < -0.39 is 0 Å². The van der Waals surface area contributed by atoms with Crippen molar-refractivity contribution in [2.75, 3.05) is 22.1 Å². The van der Waals surface area contributed by atoms with Crippen molar-refractivity contribution in [2.45, 2.75) is 6.42 Å². The number of anilines is 2. The average molecular weight is 466 g/mol. The van der Waals surface area contributed by atoms with E-state index in [0.717, 1.165) is 22.5 Å². The van der Waals surface area contributed by atoms with Crippen molar-refractivity contribution < 1.29 is 14.0 Å². The first kappa shape index (κ1) is 22.0. The number of aromatic nitrogens is 1. The molecule has 1 heterocycles. The maximum atomic E-state index is 12.9. The summed E-state index contributed by atoms with van der Waals surface area (Å²) in [5, 5.41) is 6.56. The Bertz CT molecular complexity index is 1190. The zero-order chi connectivity index (χ0) is 22.3. The van der Waals surface area contributed by atoms with Gasteiger partial charge in [-0.2, -0.15) is 0 Å². The van der Waals surface area contributed by atoms with Crippen LogP contribution in [0.1, 0.15) is 10.6 Å². The Morgan fingerprint density at radius 1 is 0.844 bits per heavy atom. The second kappa shape index (κ2) is 10.4. The van der Waals surface area contributed by atoms with E-state index in [0.29, 0.717) is 11.4 Å². The summed E-state index contributed by atoms with van der Waals surface area (Å²) in [4.78, 5) is 28.7. The number of carbonyl (C=O) groups is 2. The summed E-state index contributed by atoms with van der Waals surface area (Å²) in [6, 6.07) is 21.3. The molecule has 32 heavy (non-hydrogen) atoms. The summed E-state index contributed by atoms with van der Waals surface area (Å²) < 4.78 is 14.1. The summed E-state index contributed by atoms with van der Waals surface area (Å²) in [7, 11) is 0. The molecule has 0 aliphatic heterocycles.